The van der Waals surface area contributed by atoms with Crippen LogP contribution in [0.2, 0.25) is 0 Å². The molecule has 1 fully saturated rings. The maximum Gasteiger partial charge on any atom is 0.295 e. The van der Waals surface area contributed by atoms with Crippen LogP contribution < -0.4 is 10.5 Å². The first-order valence-electron chi connectivity index (χ1n) is 7.73. The number of para-hydroxylation sites is 1. The first kappa shape index (κ1) is 17.3. The van der Waals surface area contributed by atoms with E-state index in [1.165, 1.54) is 0 Å². The zero-order valence-corrected chi connectivity index (χ0v) is 14.7. The first-order chi connectivity index (χ1) is 12.0. The van der Waals surface area contributed by atoms with Gasteiger partial charge in [-0.2, -0.15) is 0 Å². The van der Waals surface area contributed by atoms with Crippen LogP contribution in [-0.4, -0.2) is 23.2 Å². The van der Waals surface area contributed by atoms with E-state index in [9.17, 15) is 9.59 Å². The largest absolute Gasteiger partial charge is 0.496 e. The number of rotatable bonds is 4. The second-order valence-corrected chi connectivity index (χ2v) is 6.65. The number of methoxy groups -OCH3 is 1. The number of nitrogens with two attached hydrogens (primary N) is 1. The first-order valence-corrected chi connectivity index (χ1v) is 8.55. The summed E-state index contributed by atoms with van der Waals surface area (Å²) in [7, 11) is 1.56. The van der Waals surface area contributed by atoms with E-state index in [1.807, 2.05) is 49.4 Å². The summed E-state index contributed by atoms with van der Waals surface area (Å²) in [5, 5.41) is -0.375. The SMILES string of the molecule is COc1ccccc1/C=C1\SC(=O)N(C(N)c2cccc(C)c2)C1=O. The van der Waals surface area contributed by atoms with Gasteiger partial charge in [-0.05, 0) is 36.4 Å². The molecule has 0 radical (unpaired) electrons. The maximum absolute atomic E-state index is 12.7. The van der Waals surface area contributed by atoms with Crippen LogP contribution in [0.5, 0.6) is 5.75 Å². The lowest BCUT2D eigenvalue weighted by Gasteiger charge is -2.21. The zero-order valence-electron chi connectivity index (χ0n) is 13.9. The summed E-state index contributed by atoms with van der Waals surface area (Å²) in [6.45, 7) is 1.94. The highest BCUT2D eigenvalue weighted by Gasteiger charge is 2.39. The number of aryl methyl sites for hydroxylation is 1. The molecular weight excluding hydrogens is 336 g/mol. The van der Waals surface area contributed by atoms with Crippen LogP contribution >= 0.6 is 11.8 Å². The number of nitrogens with zero attached hydrogens (tertiary/aromatic N) is 1. The highest BCUT2D eigenvalue weighted by atomic mass is 32.2. The summed E-state index contributed by atoms with van der Waals surface area (Å²) in [5.41, 5.74) is 8.66. The van der Waals surface area contributed by atoms with Crippen molar-refractivity contribution in [2.45, 2.75) is 13.1 Å². The van der Waals surface area contributed by atoms with Gasteiger partial charge in [-0.15, -0.1) is 0 Å². The van der Waals surface area contributed by atoms with E-state index in [2.05, 4.69) is 0 Å². The predicted molar refractivity (Wildman–Crippen MR) is 98.9 cm³/mol. The van der Waals surface area contributed by atoms with Crippen molar-refractivity contribution in [3.63, 3.8) is 0 Å². The average Bonchev–Trinajstić information content (AvgIpc) is 2.88. The summed E-state index contributed by atoms with van der Waals surface area (Å²) < 4.78 is 5.29. The summed E-state index contributed by atoms with van der Waals surface area (Å²) in [6.07, 6.45) is 0.850. The van der Waals surface area contributed by atoms with Crippen molar-refractivity contribution in [2.75, 3.05) is 7.11 Å². The third kappa shape index (κ3) is 3.45. The van der Waals surface area contributed by atoms with E-state index in [-0.39, 0.29) is 5.24 Å². The molecule has 5 nitrogen and oxygen atoms in total. The van der Waals surface area contributed by atoms with Gasteiger partial charge in [0.2, 0.25) is 0 Å². The van der Waals surface area contributed by atoms with Crippen LogP contribution in [0, 0.1) is 6.92 Å². The number of carbonyl (C=O) groups is 2. The standard InChI is InChI=1S/C19H18N2O3S/c1-12-6-5-8-14(10-12)17(20)21-18(22)16(25-19(21)23)11-13-7-3-4-9-15(13)24-2/h3-11,17H,20H2,1-2H3/b16-11-. The Morgan fingerprint density at radius 3 is 2.64 bits per heavy atom. The van der Waals surface area contributed by atoms with Crippen molar-refractivity contribution in [1.29, 1.82) is 0 Å². The van der Waals surface area contributed by atoms with Gasteiger partial charge in [0.05, 0.1) is 12.0 Å². The lowest BCUT2D eigenvalue weighted by Crippen LogP contribution is -2.37. The summed E-state index contributed by atoms with van der Waals surface area (Å²) in [4.78, 5) is 26.5. The predicted octanol–water partition coefficient (Wildman–Crippen LogP) is 3.70. The Hall–Kier alpha value is -2.57. The van der Waals surface area contributed by atoms with E-state index in [0.717, 1.165) is 33.4 Å². The molecule has 1 heterocycles. The van der Waals surface area contributed by atoms with Crippen molar-refractivity contribution >= 4 is 29.0 Å². The molecule has 3 rings (SSSR count). The Morgan fingerprint density at radius 1 is 1.16 bits per heavy atom. The normalized spacial score (nSPS) is 17.2. The van der Waals surface area contributed by atoms with Crippen LogP contribution in [0.3, 0.4) is 0 Å². The second kappa shape index (κ2) is 7.13. The van der Waals surface area contributed by atoms with Gasteiger partial charge in [0.25, 0.3) is 11.1 Å². The van der Waals surface area contributed by atoms with Gasteiger partial charge in [0.1, 0.15) is 11.9 Å². The van der Waals surface area contributed by atoms with Gasteiger partial charge >= 0.3 is 0 Å². The number of ether oxygens (including phenoxy) is 1. The van der Waals surface area contributed by atoms with Crippen molar-refractivity contribution in [1.82, 2.24) is 4.90 Å². The van der Waals surface area contributed by atoms with Gasteiger partial charge in [-0.3, -0.25) is 9.59 Å². The molecule has 0 aromatic heterocycles. The van der Waals surface area contributed by atoms with Crippen molar-refractivity contribution in [3.05, 3.63) is 70.1 Å². The number of benzene rings is 2. The van der Waals surface area contributed by atoms with E-state index >= 15 is 0 Å². The number of hydrogen-bond acceptors (Lipinski definition) is 5. The molecule has 6 heteroatoms. The minimum Gasteiger partial charge on any atom is -0.496 e. The van der Waals surface area contributed by atoms with E-state index in [4.69, 9.17) is 10.5 Å². The lowest BCUT2D eigenvalue weighted by atomic mass is 10.1. The molecule has 1 atom stereocenters. The molecule has 1 saturated heterocycles. The Bertz CT molecular complexity index is 863. The molecule has 0 saturated carbocycles. The van der Waals surface area contributed by atoms with Gasteiger partial charge < -0.3 is 10.5 Å². The zero-order chi connectivity index (χ0) is 18.0. The Balaban J connectivity index is 1.91. The van der Waals surface area contributed by atoms with Crippen LogP contribution in [0.4, 0.5) is 4.79 Å². The van der Waals surface area contributed by atoms with E-state index in [1.54, 1.807) is 19.3 Å². The van der Waals surface area contributed by atoms with Crippen LogP contribution in [0.25, 0.3) is 6.08 Å². The summed E-state index contributed by atoms with van der Waals surface area (Å²) in [6, 6.07) is 14.8. The smallest absolute Gasteiger partial charge is 0.295 e. The highest BCUT2D eigenvalue weighted by molar-refractivity contribution is 8.18. The fourth-order valence-corrected chi connectivity index (χ4v) is 3.50. The van der Waals surface area contributed by atoms with E-state index in [0.29, 0.717) is 10.7 Å². The Morgan fingerprint density at radius 2 is 1.92 bits per heavy atom. The molecule has 2 aromatic rings. The molecule has 2 N–H and O–H groups in total. The molecule has 25 heavy (non-hydrogen) atoms. The minimum absolute atomic E-state index is 0.331. The second-order valence-electron chi connectivity index (χ2n) is 5.65. The summed E-state index contributed by atoms with van der Waals surface area (Å²) in [5.74, 6) is 0.243. The fraction of sp³-hybridized carbons (Fsp3) is 0.158. The highest BCUT2D eigenvalue weighted by Crippen LogP contribution is 2.37. The maximum atomic E-state index is 12.7. The number of amides is 2. The number of carbonyl (C=O) groups excluding carboxylic acids is 2. The quantitative estimate of drug-likeness (QED) is 0.848. The monoisotopic (exact) mass is 354 g/mol. The van der Waals surface area contributed by atoms with Gasteiger partial charge in [0, 0.05) is 5.56 Å². The molecule has 2 aromatic carbocycles. The topological polar surface area (TPSA) is 72.6 Å². The van der Waals surface area contributed by atoms with Gasteiger partial charge in [-0.25, -0.2) is 4.90 Å². The molecule has 1 aliphatic rings. The molecule has 128 valence electrons. The molecule has 1 unspecified atom stereocenters. The van der Waals surface area contributed by atoms with Gasteiger partial charge in [0.15, 0.2) is 0 Å². The van der Waals surface area contributed by atoms with Crippen LogP contribution in [-0.2, 0) is 4.79 Å². The summed E-state index contributed by atoms with van der Waals surface area (Å²) >= 11 is 0.886. The van der Waals surface area contributed by atoms with Gasteiger partial charge in [-0.1, -0.05) is 48.0 Å². The van der Waals surface area contributed by atoms with Crippen LogP contribution in [0.1, 0.15) is 22.9 Å². The van der Waals surface area contributed by atoms with Crippen molar-refractivity contribution in [2.24, 2.45) is 5.73 Å². The Kier molecular flexibility index (Phi) is 4.92. The van der Waals surface area contributed by atoms with Crippen LogP contribution in [0.15, 0.2) is 53.4 Å². The van der Waals surface area contributed by atoms with Crippen molar-refractivity contribution in [3.8, 4) is 5.75 Å². The number of thioether (sulfide) groups is 1. The third-order valence-corrected chi connectivity index (χ3v) is 4.79. The van der Waals surface area contributed by atoms with Crippen molar-refractivity contribution < 1.29 is 14.3 Å². The molecule has 0 bridgehead atoms. The molecule has 1 aliphatic heterocycles. The molecular formula is C19H18N2O3S. The number of hydrogen-bond donors (Lipinski definition) is 1. The average molecular weight is 354 g/mol. The van der Waals surface area contributed by atoms with E-state index < -0.39 is 12.1 Å². The molecule has 0 spiro atoms. The fourth-order valence-electron chi connectivity index (χ4n) is 2.65. The third-order valence-electron chi connectivity index (χ3n) is 3.91. The molecule has 2 amide bonds. The lowest BCUT2D eigenvalue weighted by molar-refractivity contribution is -0.124. The minimum atomic E-state index is -0.809. The number of imide groups is 1. The Labute approximate surface area is 150 Å². The molecule has 0 aliphatic carbocycles.